The fourth-order valence-corrected chi connectivity index (χ4v) is 1.83. The van der Waals surface area contributed by atoms with Crippen molar-refractivity contribution in [2.45, 2.75) is 44.2 Å². The van der Waals surface area contributed by atoms with E-state index >= 15 is 0 Å². The molecule has 0 unspecified atom stereocenters. The Morgan fingerprint density at radius 1 is 1.29 bits per heavy atom. The summed E-state index contributed by atoms with van der Waals surface area (Å²) in [7, 11) is 0. The van der Waals surface area contributed by atoms with Gasteiger partial charge in [-0.15, -0.1) is 0 Å². The number of amides is 1. The molecule has 0 aromatic carbocycles. The van der Waals surface area contributed by atoms with Crippen LogP contribution in [0.3, 0.4) is 0 Å². The average molecular weight is 198 g/mol. The van der Waals surface area contributed by atoms with E-state index in [1.165, 1.54) is 6.42 Å². The quantitative estimate of drug-likeness (QED) is 0.696. The maximum atomic E-state index is 11.4. The zero-order valence-corrected chi connectivity index (χ0v) is 8.42. The number of hydrogen-bond acceptors (Lipinski definition) is 3. The van der Waals surface area contributed by atoms with Gasteiger partial charge in [-0.2, -0.15) is 0 Å². The van der Waals surface area contributed by atoms with Crippen LogP contribution in [0.25, 0.3) is 0 Å². The lowest BCUT2D eigenvalue weighted by atomic mass is 9.93. The van der Waals surface area contributed by atoms with Gasteiger partial charge in [0.1, 0.15) is 6.10 Å². The van der Waals surface area contributed by atoms with Gasteiger partial charge in [0.05, 0.1) is 0 Å². The van der Waals surface area contributed by atoms with Crippen molar-refractivity contribution in [3.63, 3.8) is 0 Å². The molecule has 0 aromatic rings. The van der Waals surface area contributed by atoms with Gasteiger partial charge >= 0.3 is 6.09 Å². The Balaban J connectivity index is 1.64. The lowest BCUT2D eigenvalue weighted by Gasteiger charge is -2.28. The van der Waals surface area contributed by atoms with Crippen LogP contribution in [0.5, 0.6) is 0 Å². The van der Waals surface area contributed by atoms with Crippen molar-refractivity contribution >= 4 is 6.09 Å². The van der Waals surface area contributed by atoms with Gasteiger partial charge in [0, 0.05) is 12.6 Å². The highest BCUT2D eigenvalue weighted by Gasteiger charge is 2.22. The topological polar surface area (TPSA) is 50.4 Å². The summed E-state index contributed by atoms with van der Waals surface area (Å²) in [4.78, 5) is 11.4. The lowest BCUT2D eigenvalue weighted by molar-refractivity contribution is 0.0768. The highest BCUT2D eigenvalue weighted by atomic mass is 16.6. The molecule has 4 nitrogen and oxygen atoms in total. The van der Waals surface area contributed by atoms with Crippen LogP contribution < -0.4 is 10.6 Å². The number of carbonyl (C=O) groups excluding carboxylic acids is 1. The van der Waals surface area contributed by atoms with Gasteiger partial charge in [0.2, 0.25) is 0 Å². The van der Waals surface area contributed by atoms with Gasteiger partial charge in [-0.25, -0.2) is 4.79 Å². The van der Waals surface area contributed by atoms with Crippen LogP contribution in [0.4, 0.5) is 4.79 Å². The maximum absolute atomic E-state index is 11.4. The molecule has 1 atom stereocenters. The predicted octanol–water partition coefficient (Wildman–Crippen LogP) is 1.02. The van der Waals surface area contributed by atoms with Crippen molar-refractivity contribution in [2.75, 3.05) is 13.1 Å². The number of hydrogen-bond donors (Lipinski definition) is 2. The molecule has 0 bridgehead atoms. The van der Waals surface area contributed by atoms with Gasteiger partial charge in [0.15, 0.2) is 0 Å². The van der Waals surface area contributed by atoms with E-state index in [9.17, 15) is 4.79 Å². The van der Waals surface area contributed by atoms with Crippen molar-refractivity contribution in [2.24, 2.45) is 0 Å². The average Bonchev–Trinajstić information content (AvgIpc) is 2.13. The Morgan fingerprint density at radius 2 is 2.14 bits per heavy atom. The summed E-state index contributed by atoms with van der Waals surface area (Å²) in [6.07, 6.45) is 5.38. The number of alkyl carbamates (subject to hydrolysis) is 1. The Bertz CT molecular complexity index is 198. The molecular weight excluding hydrogens is 180 g/mol. The molecule has 1 amide bonds. The third-order valence-electron chi connectivity index (χ3n) is 2.95. The zero-order chi connectivity index (χ0) is 9.80. The summed E-state index contributed by atoms with van der Waals surface area (Å²) in [6, 6.07) is 0.374. The van der Waals surface area contributed by atoms with E-state index in [2.05, 4.69) is 10.6 Å². The third-order valence-corrected chi connectivity index (χ3v) is 2.95. The Hall–Kier alpha value is -0.770. The molecule has 1 saturated heterocycles. The summed E-state index contributed by atoms with van der Waals surface area (Å²) in [6.45, 7) is 1.85. The largest absolute Gasteiger partial charge is 0.445 e. The molecule has 2 rings (SSSR count). The van der Waals surface area contributed by atoms with E-state index in [0.717, 1.165) is 38.8 Å². The molecule has 0 radical (unpaired) electrons. The summed E-state index contributed by atoms with van der Waals surface area (Å²) in [5.41, 5.74) is 0. The van der Waals surface area contributed by atoms with Crippen molar-refractivity contribution in [3.05, 3.63) is 0 Å². The number of rotatable bonds is 2. The minimum Gasteiger partial charge on any atom is -0.445 e. The Morgan fingerprint density at radius 3 is 2.71 bits per heavy atom. The Kier molecular flexibility index (Phi) is 3.24. The van der Waals surface area contributed by atoms with E-state index in [-0.39, 0.29) is 12.2 Å². The first-order chi connectivity index (χ1) is 6.84. The SMILES string of the molecule is O=C(NC1CCC1)O[C@H]1CCCNC1. The van der Waals surface area contributed by atoms with Crippen molar-refractivity contribution in [1.29, 1.82) is 0 Å². The highest BCUT2D eigenvalue weighted by molar-refractivity contribution is 5.67. The van der Waals surface area contributed by atoms with E-state index < -0.39 is 0 Å². The second-order valence-electron chi connectivity index (χ2n) is 4.15. The van der Waals surface area contributed by atoms with Crippen LogP contribution in [0.1, 0.15) is 32.1 Å². The monoisotopic (exact) mass is 198 g/mol. The second kappa shape index (κ2) is 4.64. The molecule has 0 aromatic heterocycles. The molecule has 0 spiro atoms. The van der Waals surface area contributed by atoms with Crippen LogP contribution >= 0.6 is 0 Å². The number of nitrogens with one attached hydrogen (secondary N) is 2. The molecule has 1 aliphatic heterocycles. The van der Waals surface area contributed by atoms with Crippen LogP contribution in [0.2, 0.25) is 0 Å². The normalized spacial score (nSPS) is 27.9. The number of ether oxygens (including phenoxy) is 1. The molecule has 2 fully saturated rings. The standard InChI is InChI=1S/C10H18N2O2/c13-10(12-8-3-1-4-8)14-9-5-2-6-11-7-9/h8-9,11H,1-7H2,(H,12,13)/t9-/m0/s1. The smallest absolute Gasteiger partial charge is 0.407 e. The van der Waals surface area contributed by atoms with Crippen LogP contribution in [0, 0.1) is 0 Å². The van der Waals surface area contributed by atoms with Gasteiger partial charge in [-0.05, 0) is 38.6 Å². The first-order valence-electron chi connectivity index (χ1n) is 5.52. The summed E-state index contributed by atoms with van der Waals surface area (Å²) in [5, 5.41) is 6.09. The van der Waals surface area contributed by atoms with Crippen LogP contribution in [-0.2, 0) is 4.74 Å². The highest BCUT2D eigenvalue weighted by Crippen LogP contribution is 2.18. The maximum Gasteiger partial charge on any atom is 0.407 e. The molecule has 1 saturated carbocycles. The minimum atomic E-state index is -0.233. The molecule has 1 heterocycles. The van der Waals surface area contributed by atoms with E-state index in [1.807, 2.05) is 0 Å². The first kappa shape index (κ1) is 9.77. The van der Waals surface area contributed by atoms with Crippen LogP contribution in [0.15, 0.2) is 0 Å². The third kappa shape index (κ3) is 2.61. The minimum absolute atomic E-state index is 0.0730. The fraction of sp³-hybridized carbons (Fsp3) is 0.900. The van der Waals surface area contributed by atoms with E-state index in [1.54, 1.807) is 0 Å². The molecule has 1 aliphatic carbocycles. The molecular formula is C10H18N2O2. The molecule has 2 aliphatic rings. The fourth-order valence-electron chi connectivity index (χ4n) is 1.83. The summed E-state index contributed by atoms with van der Waals surface area (Å²) >= 11 is 0. The van der Waals surface area contributed by atoms with Crippen molar-refractivity contribution < 1.29 is 9.53 Å². The molecule has 4 heteroatoms. The Labute approximate surface area is 84.4 Å². The molecule has 80 valence electrons. The lowest BCUT2D eigenvalue weighted by Crippen LogP contribution is -2.44. The molecule has 14 heavy (non-hydrogen) atoms. The summed E-state index contributed by atoms with van der Waals surface area (Å²) in [5.74, 6) is 0. The first-order valence-corrected chi connectivity index (χ1v) is 5.52. The van der Waals surface area contributed by atoms with Gasteiger partial charge in [0.25, 0.3) is 0 Å². The van der Waals surface area contributed by atoms with Gasteiger partial charge in [-0.1, -0.05) is 0 Å². The zero-order valence-electron chi connectivity index (χ0n) is 8.42. The van der Waals surface area contributed by atoms with E-state index in [4.69, 9.17) is 4.74 Å². The van der Waals surface area contributed by atoms with Crippen molar-refractivity contribution in [3.8, 4) is 0 Å². The summed E-state index contributed by atoms with van der Waals surface area (Å²) < 4.78 is 5.29. The van der Waals surface area contributed by atoms with Gasteiger partial charge in [-0.3, -0.25) is 0 Å². The predicted molar refractivity (Wildman–Crippen MR) is 53.1 cm³/mol. The van der Waals surface area contributed by atoms with Crippen molar-refractivity contribution in [1.82, 2.24) is 10.6 Å². The van der Waals surface area contributed by atoms with Gasteiger partial charge < -0.3 is 15.4 Å². The second-order valence-corrected chi connectivity index (χ2v) is 4.15. The number of carbonyl (C=O) groups is 1. The van der Waals surface area contributed by atoms with Crippen LogP contribution in [-0.4, -0.2) is 31.3 Å². The van der Waals surface area contributed by atoms with E-state index in [0.29, 0.717) is 6.04 Å². The number of piperidine rings is 1. The molecule has 2 N–H and O–H groups in total.